The van der Waals surface area contributed by atoms with Crippen LogP contribution >= 0.6 is 0 Å². The number of halogens is 5. The smallest absolute Gasteiger partial charge is 0.328 e. The number of aryl methyl sites for hydroxylation is 2. The van der Waals surface area contributed by atoms with Crippen LogP contribution in [0.3, 0.4) is 0 Å². The molecule has 0 saturated heterocycles. The average molecular weight is 433 g/mol. The molecule has 0 spiro atoms. The van der Waals surface area contributed by atoms with Crippen molar-refractivity contribution in [2.75, 3.05) is 0 Å². The molecule has 0 unspecified atom stereocenters. The highest BCUT2D eigenvalue weighted by atomic mass is 19.4. The Labute approximate surface area is 173 Å². The molecule has 0 amide bonds. The lowest BCUT2D eigenvalue weighted by atomic mass is 9.99. The molecule has 0 N–H and O–H groups in total. The fourth-order valence-electron chi connectivity index (χ4n) is 3.91. The molecule has 4 nitrogen and oxygen atoms in total. The van der Waals surface area contributed by atoms with Crippen molar-refractivity contribution in [3.8, 4) is 22.4 Å². The maximum atomic E-state index is 14.6. The summed E-state index contributed by atoms with van der Waals surface area (Å²) in [6.07, 6.45) is -4.63. The van der Waals surface area contributed by atoms with Gasteiger partial charge < -0.3 is 4.57 Å². The van der Waals surface area contributed by atoms with E-state index >= 15 is 0 Å². The van der Waals surface area contributed by atoms with Crippen LogP contribution in [0.15, 0.2) is 47.3 Å². The molecule has 4 rings (SSSR count). The van der Waals surface area contributed by atoms with Crippen molar-refractivity contribution in [2.45, 2.75) is 20.0 Å². The van der Waals surface area contributed by atoms with Gasteiger partial charge in [0, 0.05) is 29.8 Å². The molecule has 9 heteroatoms. The first-order chi connectivity index (χ1) is 14.5. The number of fused-ring (bicyclic) bond motifs is 1. The summed E-state index contributed by atoms with van der Waals surface area (Å²) in [6, 6.07) is 7.91. The summed E-state index contributed by atoms with van der Waals surface area (Å²) >= 11 is 0. The van der Waals surface area contributed by atoms with Crippen LogP contribution in [0, 0.1) is 25.5 Å². The monoisotopic (exact) mass is 433 g/mol. The number of hydrogen-bond donors (Lipinski definition) is 0. The normalized spacial score (nSPS) is 12.0. The second-order valence-electron chi connectivity index (χ2n) is 7.20. The van der Waals surface area contributed by atoms with E-state index < -0.39 is 28.9 Å². The minimum Gasteiger partial charge on any atom is -0.328 e. The van der Waals surface area contributed by atoms with Gasteiger partial charge in [-0.15, -0.1) is 0 Å². The number of benzene rings is 2. The number of rotatable bonds is 2. The standard InChI is InChI=1S/C22H16F5N3O/c1-11-19(15-9-8-13(23)10-17(15)24)29(3)20-18(12(2)28-30(20)21(11)31)14-6-4-5-7-16(14)22(25,26)27/h4-10H,1-3H3. The van der Waals surface area contributed by atoms with Crippen LogP contribution in [0.25, 0.3) is 28.0 Å². The van der Waals surface area contributed by atoms with E-state index in [1.165, 1.54) is 49.7 Å². The lowest BCUT2D eigenvalue weighted by molar-refractivity contribution is -0.137. The first-order valence-corrected chi connectivity index (χ1v) is 9.23. The minimum absolute atomic E-state index is 0.0464. The summed E-state index contributed by atoms with van der Waals surface area (Å²) in [5.74, 6) is -1.68. The third-order valence-electron chi connectivity index (χ3n) is 5.25. The summed E-state index contributed by atoms with van der Waals surface area (Å²) in [6.45, 7) is 2.96. The quantitative estimate of drug-likeness (QED) is 0.404. The van der Waals surface area contributed by atoms with Crippen molar-refractivity contribution >= 4 is 5.65 Å². The van der Waals surface area contributed by atoms with Crippen molar-refractivity contribution in [3.05, 3.63) is 81.3 Å². The zero-order chi connectivity index (χ0) is 22.7. The van der Waals surface area contributed by atoms with Crippen molar-refractivity contribution in [3.63, 3.8) is 0 Å². The first kappa shape index (κ1) is 20.8. The Bertz CT molecular complexity index is 1400. The van der Waals surface area contributed by atoms with E-state index in [0.717, 1.165) is 16.6 Å². The number of nitrogens with zero attached hydrogens (tertiary/aromatic N) is 3. The molecule has 0 radical (unpaired) electrons. The van der Waals surface area contributed by atoms with Gasteiger partial charge in [0.05, 0.1) is 17.0 Å². The molecule has 0 fully saturated rings. The molecule has 4 aromatic rings. The van der Waals surface area contributed by atoms with Gasteiger partial charge in [-0.25, -0.2) is 8.78 Å². The van der Waals surface area contributed by atoms with Crippen LogP contribution < -0.4 is 5.56 Å². The maximum absolute atomic E-state index is 14.6. The third kappa shape index (κ3) is 3.20. The predicted octanol–water partition coefficient (Wildman–Crippen LogP) is 5.28. The van der Waals surface area contributed by atoms with Crippen LogP contribution in [-0.2, 0) is 13.2 Å². The van der Waals surface area contributed by atoms with Gasteiger partial charge in [-0.2, -0.15) is 22.8 Å². The second-order valence-corrected chi connectivity index (χ2v) is 7.20. The van der Waals surface area contributed by atoms with E-state index in [4.69, 9.17) is 0 Å². The molecule has 2 aromatic heterocycles. The van der Waals surface area contributed by atoms with E-state index in [0.29, 0.717) is 6.07 Å². The van der Waals surface area contributed by atoms with E-state index in [-0.39, 0.29) is 39.3 Å². The Morgan fingerprint density at radius 2 is 1.65 bits per heavy atom. The van der Waals surface area contributed by atoms with Crippen molar-refractivity contribution in [1.29, 1.82) is 0 Å². The topological polar surface area (TPSA) is 39.3 Å². The molecule has 2 aromatic carbocycles. The fourth-order valence-corrected chi connectivity index (χ4v) is 3.91. The molecule has 2 heterocycles. The SMILES string of the molecule is Cc1nn2c(=O)c(C)c(-c3ccc(F)cc3F)n(C)c2c1-c1ccccc1C(F)(F)F. The zero-order valence-corrected chi connectivity index (χ0v) is 16.7. The van der Waals surface area contributed by atoms with E-state index in [9.17, 15) is 26.7 Å². The first-order valence-electron chi connectivity index (χ1n) is 9.23. The zero-order valence-electron chi connectivity index (χ0n) is 16.7. The Balaban J connectivity index is 2.16. The summed E-state index contributed by atoms with van der Waals surface area (Å²) in [4.78, 5) is 13.0. The van der Waals surface area contributed by atoms with Gasteiger partial charge in [0.15, 0.2) is 0 Å². The fraction of sp³-hybridized carbons (Fsp3) is 0.182. The van der Waals surface area contributed by atoms with Gasteiger partial charge >= 0.3 is 6.18 Å². The largest absolute Gasteiger partial charge is 0.417 e. The molecular formula is C22H16F5N3O. The van der Waals surface area contributed by atoms with Crippen LogP contribution in [0.4, 0.5) is 22.0 Å². The third-order valence-corrected chi connectivity index (χ3v) is 5.25. The summed E-state index contributed by atoms with van der Waals surface area (Å²) < 4.78 is 71.4. The van der Waals surface area contributed by atoms with Crippen molar-refractivity contribution < 1.29 is 22.0 Å². The van der Waals surface area contributed by atoms with E-state index in [2.05, 4.69) is 5.10 Å². The molecule has 0 atom stereocenters. The number of hydrogen-bond acceptors (Lipinski definition) is 2. The molecule has 0 aliphatic rings. The maximum Gasteiger partial charge on any atom is 0.417 e. The van der Waals surface area contributed by atoms with Gasteiger partial charge in [-0.05, 0) is 37.6 Å². The molecule has 31 heavy (non-hydrogen) atoms. The van der Waals surface area contributed by atoms with E-state index in [1.807, 2.05) is 0 Å². The highest BCUT2D eigenvalue weighted by molar-refractivity contribution is 5.84. The summed E-state index contributed by atoms with van der Waals surface area (Å²) in [7, 11) is 1.50. The van der Waals surface area contributed by atoms with Crippen LogP contribution in [0.1, 0.15) is 16.8 Å². The predicted molar refractivity (Wildman–Crippen MR) is 106 cm³/mol. The Morgan fingerprint density at radius 1 is 0.968 bits per heavy atom. The molecular weight excluding hydrogens is 417 g/mol. The van der Waals surface area contributed by atoms with Crippen LogP contribution in [0.2, 0.25) is 0 Å². The lowest BCUT2D eigenvalue weighted by Gasteiger charge is -2.17. The van der Waals surface area contributed by atoms with Gasteiger partial charge in [0.25, 0.3) is 5.56 Å². The van der Waals surface area contributed by atoms with Gasteiger partial charge in [-0.3, -0.25) is 4.79 Å². The Kier molecular flexibility index (Phi) is 4.72. The summed E-state index contributed by atoms with van der Waals surface area (Å²) in [5.41, 5.74) is -1.04. The van der Waals surface area contributed by atoms with Crippen LogP contribution in [-0.4, -0.2) is 14.2 Å². The molecule has 0 saturated carbocycles. The van der Waals surface area contributed by atoms with Crippen LogP contribution in [0.5, 0.6) is 0 Å². The molecule has 0 bridgehead atoms. The minimum atomic E-state index is -4.63. The van der Waals surface area contributed by atoms with Gasteiger partial charge in [0.2, 0.25) is 0 Å². The van der Waals surface area contributed by atoms with Gasteiger partial charge in [0.1, 0.15) is 17.3 Å². The number of alkyl halides is 3. The lowest BCUT2D eigenvalue weighted by Crippen LogP contribution is -2.23. The highest BCUT2D eigenvalue weighted by Gasteiger charge is 2.35. The van der Waals surface area contributed by atoms with Crippen molar-refractivity contribution in [2.24, 2.45) is 7.05 Å². The Hall–Kier alpha value is -3.49. The molecule has 160 valence electrons. The summed E-state index contributed by atoms with van der Waals surface area (Å²) in [5, 5.41) is 4.17. The van der Waals surface area contributed by atoms with E-state index in [1.54, 1.807) is 0 Å². The number of aromatic nitrogens is 3. The molecule has 0 aliphatic carbocycles. The molecule has 0 aliphatic heterocycles. The highest BCUT2D eigenvalue weighted by Crippen LogP contribution is 2.40. The average Bonchev–Trinajstić information content (AvgIpc) is 3.04. The Morgan fingerprint density at radius 3 is 2.29 bits per heavy atom. The van der Waals surface area contributed by atoms with Crippen molar-refractivity contribution in [1.82, 2.24) is 14.2 Å². The van der Waals surface area contributed by atoms with Gasteiger partial charge in [-0.1, -0.05) is 18.2 Å². The second kappa shape index (κ2) is 7.04.